The molecule has 1 unspecified atom stereocenters. The Morgan fingerprint density at radius 2 is 1.35 bits per heavy atom. The number of rotatable bonds is 6. The van der Waals surface area contributed by atoms with Crippen molar-refractivity contribution in [3.63, 3.8) is 0 Å². The summed E-state index contributed by atoms with van der Waals surface area (Å²) in [5.41, 5.74) is 1.19. The van der Waals surface area contributed by atoms with E-state index >= 15 is 0 Å². The molecular weight excluding hydrogens is 402 g/mol. The molecule has 0 aromatic heterocycles. The van der Waals surface area contributed by atoms with Gasteiger partial charge in [0.1, 0.15) is 0 Å². The van der Waals surface area contributed by atoms with E-state index in [1.54, 1.807) is 0 Å². The third kappa shape index (κ3) is 5.13. The molecule has 1 N–H and O–H groups in total. The molecule has 0 fully saturated rings. The maximum absolute atomic E-state index is 12.7. The van der Waals surface area contributed by atoms with Gasteiger partial charge in [-0.1, -0.05) is 0 Å². The Hall–Kier alpha value is -2.23. The molecule has 3 aromatic carbocycles. The summed E-state index contributed by atoms with van der Waals surface area (Å²) in [5.74, 6) is 0. The predicted molar refractivity (Wildman–Crippen MR) is 101 cm³/mol. The summed E-state index contributed by atoms with van der Waals surface area (Å²) in [6.45, 7) is 0. The Labute approximate surface area is 157 Å². The first-order valence-electron chi connectivity index (χ1n) is 8.19. The van der Waals surface area contributed by atoms with E-state index in [9.17, 15) is 13.2 Å². The summed E-state index contributed by atoms with van der Waals surface area (Å²) in [5, 5.41) is 4.30. The van der Waals surface area contributed by atoms with Gasteiger partial charge in [-0.3, -0.25) is 0 Å². The first-order chi connectivity index (χ1) is 12.5. The number of alkyl halides is 3. The van der Waals surface area contributed by atoms with E-state index in [1.165, 1.54) is 16.6 Å². The average Bonchev–Trinajstić information content (AvgIpc) is 2.66. The minimum atomic E-state index is -4.31. The normalized spacial score (nSPS) is 12.6. The minimum absolute atomic E-state index is 0.0492. The number of benzene rings is 3. The summed E-state index contributed by atoms with van der Waals surface area (Å²) in [6.07, 6.45) is -4.31. The fourth-order valence-electron chi connectivity index (χ4n) is 2.56. The van der Waals surface area contributed by atoms with Crippen molar-refractivity contribution in [2.24, 2.45) is 0 Å². The van der Waals surface area contributed by atoms with Gasteiger partial charge >= 0.3 is 157 Å². The molecule has 0 aliphatic rings. The third-order valence-corrected chi connectivity index (χ3v) is 6.23. The average molecular weight is 420 g/mol. The maximum atomic E-state index is 12.7. The Balaban J connectivity index is 1.75. The van der Waals surface area contributed by atoms with E-state index < -0.39 is 11.7 Å². The van der Waals surface area contributed by atoms with E-state index in [2.05, 4.69) is 17.4 Å². The fourth-order valence-corrected chi connectivity index (χ4v) is 4.62. The van der Waals surface area contributed by atoms with Crippen molar-refractivity contribution in [1.29, 1.82) is 0 Å². The van der Waals surface area contributed by atoms with Gasteiger partial charge in [0.05, 0.1) is 0 Å². The number of hydrogen-bond acceptors (Lipinski definition) is 1. The molecule has 134 valence electrons. The molecule has 1 atom stereocenters. The van der Waals surface area contributed by atoms with Crippen LogP contribution in [0.2, 0.25) is 5.32 Å². The van der Waals surface area contributed by atoms with Crippen molar-refractivity contribution in [2.45, 2.75) is 17.5 Å². The standard InChI is InChI=1S/C21H18F3NSe/c22-21(23,24)17-11-13-18(14-12-17)25-20(16-7-3-1-4-8-16)15-26-19-9-5-2-6-10-19/h1-14,20,25H,15H2. The summed E-state index contributed by atoms with van der Waals surface area (Å²) in [6, 6.07) is 25.5. The molecule has 0 aliphatic carbocycles. The summed E-state index contributed by atoms with van der Waals surface area (Å²) < 4.78 is 39.5. The molecule has 0 radical (unpaired) electrons. The van der Waals surface area contributed by atoms with Crippen molar-refractivity contribution in [2.75, 3.05) is 5.32 Å². The van der Waals surface area contributed by atoms with Crippen LogP contribution >= 0.6 is 0 Å². The van der Waals surface area contributed by atoms with Gasteiger partial charge < -0.3 is 0 Å². The van der Waals surface area contributed by atoms with Gasteiger partial charge in [-0.25, -0.2) is 0 Å². The molecule has 5 heteroatoms. The summed E-state index contributed by atoms with van der Waals surface area (Å²) in [4.78, 5) is 0. The van der Waals surface area contributed by atoms with Crippen LogP contribution < -0.4 is 9.78 Å². The van der Waals surface area contributed by atoms with Crippen LogP contribution in [0.1, 0.15) is 17.2 Å². The Bertz CT molecular complexity index is 802. The van der Waals surface area contributed by atoms with Crippen LogP contribution in [0.4, 0.5) is 18.9 Å². The van der Waals surface area contributed by atoms with Crippen molar-refractivity contribution >= 4 is 25.1 Å². The Morgan fingerprint density at radius 1 is 0.769 bits per heavy atom. The van der Waals surface area contributed by atoms with Crippen LogP contribution in [0.15, 0.2) is 84.9 Å². The molecule has 0 amide bonds. The predicted octanol–water partition coefficient (Wildman–Crippen LogP) is 5.31. The number of halogens is 3. The Kier molecular flexibility index (Phi) is 6.02. The van der Waals surface area contributed by atoms with E-state index in [-0.39, 0.29) is 21.0 Å². The molecule has 3 aromatic rings. The van der Waals surface area contributed by atoms with Crippen molar-refractivity contribution < 1.29 is 13.2 Å². The zero-order valence-corrected chi connectivity index (χ0v) is 15.6. The SMILES string of the molecule is FC(F)(F)c1ccc(NC(C[Se]c2ccccc2)c2ccccc2)cc1. The van der Waals surface area contributed by atoms with Gasteiger partial charge in [-0.15, -0.1) is 0 Å². The van der Waals surface area contributed by atoms with Crippen molar-refractivity contribution in [3.8, 4) is 0 Å². The molecule has 0 bridgehead atoms. The molecule has 0 heterocycles. The van der Waals surface area contributed by atoms with Crippen molar-refractivity contribution in [1.82, 2.24) is 0 Å². The molecule has 3 rings (SSSR count). The second-order valence-corrected chi connectivity index (χ2v) is 8.10. The fraction of sp³-hybridized carbons (Fsp3) is 0.143. The summed E-state index contributed by atoms with van der Waals surface area (Å²) >= 11 is 0.265. The van der Waals surface area contributed by atoms with E-state index in [0.29, 0.717) is 5.69 Å². The zero-order valence-electron chi connectivity index (χ0n) is 13.9. The molecule has 0 saturated heterocycles. The number of hydrogen-bond donors (Lipinski definition) is 1. The van der Waals surface area contributed by atoms with Crippen LogP contribution in [0.25, 0.3) is 0 Å². The molecule has 0 saturated carbocycles. The molecule has 0 spiro atoms. The van der Waals surface area contributed by atoms with Crippen LogP contribution in [0.3, 0.4) is 0 Å². The zero-order chi connectivity index (χ0) is 18.4. The quantitative estimate of drug-likeness (QED) is 0.534. The van der Waals surface area contributed by atoms with Gasteiger partial charge in [0, 0.05) is 0 Å². The van der Waals surface area contributed by atoms with Crippen molar-refractivity contribution in [3.05, 3.63) is 96.1 Å². The molecule has 0 aliphatic heterocycles. The number of anilines is 1. The van der Waals surface area contributed by atoms with Gasteiger partial charge in [0.25, 0.3) is 0 Å². The van der Waals surface area contributed by atoms with Gasteiger partial charge in [0.15, 0.2) is 0 Å². The van der Waals surface area contributed by atoms with E-state index in [0.717, 1.165) is 23.0 Å². The first-order valence-corrected chi connectivity index (χ1v) is 10.3. The van der Waals surface area contributed by atoms with Gasteiger partial charge in [0.2, 0.25) is 0 Å². The topological polar surface area (TPSA) is 12.0 Å². The van der Waals surface area contributed by atoms with Crippen LogP contribution in [0.5, 0.6) is 0 Å². The summed E-state index contributed by atoms with van der Waals surface area (Å²) in [7, 11) is 0. The van der Waals surface area contributed by atoms with Crippen LogP contribution in [0, 0.1) is 0 Å². The molecular formula is C21H18F3NSe. The molecule has 1 nitrogen and oxygen atoms in total. The Morgan fingerprint density at radius 3 is 1.92 bits per heavy atom. The van der Waals surface area contributed by atoms with Gasteiger partial charge in [-0.2, -0.15) is 0 Å². The molecule has 26 heavy (non-hydrogen) atoms. The van der Waals surface area contributed by atoms with E-state index in [4.69, 9.17) is 0 Å². The van der Waals surface area contributed by atoms with Gasteiger partial charge in [-0.05, 0) is 0 Å². The van der Waals surface area contributed by atoms with E-state index in [1.807, 2.05) is 48.5 Å². The third-order valence-electron chi connectivity index (χ3n) is 3.91. The van der Waals surface area contributed by atoms with Crippen LogP contribution in [-0.4, -0.2) is 15.0 Å². The second kappa shape index (κ2) is 8.43. The van der Waals surface area contributed by atoms with Crippen LogP contribution in [-0.2, 0) is 6.18 Å². The first kappa shape index (κ1) is 18.6. The second-order valence-electron chi connectivity index (χ2n) is 5.81. The number of nitrogens with one attached hydrogen (secondary N) is 1. The monoisotopic (exact) mass is 421 g/mol.